The van der Waals surface area contributed by atoms with Gasteiger partial charge in [-0.05, 0) is 43.7 Å². The Morgan fingerprint density at radius 2 is 2.06 bits per heavy atom. The fraction of sp³-hybridized carbons (Fsp3) is 0.714. The number of nitrogens with zero attached hydrogens (tertiary/aromatic N) is 1. The van der Waals surface area contributed by atoms with Gasteiger partial charge in [-0.2, -0.15) is 0 Å². The molecule has 17 heavy (non-hydrogen) atoms. The van der Waals surface area contributed by atoms with Gasteiger partial charge in [0.2, 0.25) is 0 Å². The molecule has 94 valence electrons. The van der Waals surface area contributed by atoms with Crippen molar-refractivity contribution in [2.24, 2.45) is 17.6 Å². The van der Waals surface area contributed by atoms with Crippen LogP contribution in [0.4, 0.5) is 0 Å². The van der Waals surface area contributed by atoms with Crippen molar-refractivity contribution in [3.8, 4) is 0 Å². The number of fused-ring (bicyclic) bond motifs is 1. The van der Waals surface area contributed by atoms with Crippen LogP contribution in [0, 0.1) is 18.8 Å². The number of hydrogen-bond acceptors (Lipinski definition) is 3. The Bertz CT molecular complexity index is 375. The first-order valence-electron chi connectivity index (χ1n) is 6.78. The van der Waals surface area contributed by atoms with Gasteiger partial charge in [0, 0.05) is 19.6 Å². The van der Waals surface area contributed by atoms with Gasteiger partial charge in [0.15, 0.2) is 0 Å². The Kier molecular flexibility index (Phi) is 2.97. The molecular formula is C14H22N2O. The first-order valence-corrected chi connectivity index (χ1v) is 6.78. The number of hydrogen-bond donors (Lipinski definition) is 1. The van der Waals surface area contributed by atoms with Gasteiger partial charge in [0.25, 0.3) is 0 Å². The molecule has 3 heteroatoms. The van der Waals surface area contributed by atoms with Crippen molar-refractivity contribution < 1.29 is 4.42 Å². The van der Waals surface area contributed by atoms with Gasteiger partial charge in [-0.3, -0.25) is 4.90 Å². The predicted octanol–water partition coefficient (Wildman–Crippen LogP) is 2.32. The second kappa shape index (κ2) is 4.46. The molecule has 3 rings (SSSR count). The summed E-state index contributed by atoms with van der Waals surface area (Å²) in [6.45, 7) is 5.08. The van der Waals surface area contributed by atoms with Crippen LogP contribution < -0.4 is 5.73 Å². The highest BCUT2D eigenvalue weighted by Gasteiger charge is 2.39. The van der Waals surface area contributed by atoms with Crippen LogP contribution in [0.3, 0.4) is 0 Å². The molecular weight excluding hydrogens is 212 g/mol. The highest BCUT2D eigenvalue weighted by Crippen LogP contribution is 2.40. The van der Waals surface area contributed by atoms with Gasteiger partial charge < -0.3 is 10.2 Å². The van der Waals surface area contributed by atoms with Gasteiger partial charge in [0.05, 0.1) is 6.04 Å². The molecule has 0 spiro atoms. The first kappa shape index (κ1) is 11.3. The third-order valence-electron chi connectivity index (χ3n) is 4.51. The minimum absolute atomic E-state index is 0.286. The van der Waals surface area contributed by atoms with E-state index in [0.717, 1.165) is 23.4 Å². The highest BCUT2D eigenvalue weighted by atomic mass is 16.3. The van der Waals surface area contributed by atoms with Crippen LogP contribution in [0.25, 0.3) is 0 Å². The van der Waals surface area contributed by atoms with Crippen molar-refractivity contribution in [3.05, 3.63) is 23.7 Å². The predicted molar refractivity (Wildman–Crippen MR) is 67.6 cm³/mol. The normalized spacial score (nSPS) is 30.7. The van der Waals surface area contributed by atoms with Crippen LogP contribution in [0.1, 0.15) is 36.8 Å². The summed E-state index contributed by atoms with van der Waals surface area (Å²) < 4.78 is 5.75. The molecule has 3 atom stereocenters. The van der Waals surface area contributed by atoms with Crippen LogP contribution in [0.2, 0.25) is 0 Å². The van der Waals surface area contributed by atoms with Gasteiger partial charge >= 0.3 is 0 Å². The quantitative estimate of drug-likeness (QED) is 0.872. The van der Waals surface area contributed by atoms with Gasteiger partial charge in [-0.15, -0.1) is 0 Å². The molecule has 1 saturated heterocycles. The first-order chi connectivity index (χ1) is 8.28. The molecule has 1 saturated carbocycles. The van der Waals surface area contributed by atoms with E-state index in [1.807, 2.05) is 13.0 Å². The fourth-order valence-corrected chi connectivity index (χ4v) is 3.60. The van der Waals surface area contributed by atoms with Crippen molar-refractivity contribution in [2.75, 3.05) is 19.6 Å². The zero-order valence-corrected chi connectivity index (χ0v) is 10.6. The molecule has 1 aliphatic carbocycles. The number of furan rings is 1. The molecule has 1 aromatic rings. The van der Waals surface area contributed by atoms with Crippen molar-refractivity contribution in [1.29, 1.82) is 0 Å². The monoisotopic (exact) mass is 234 g/mol. The lowest BCUT2D eigenvalue weighted by Gasteiger charge is -2.25. The molecule has 2 fully saturated rings. The summed E-state index contributed by atoms with van der Waals surface area (Å²) in [5.41, 5.74) is 5.94. The van der Waals surface area contributed by atoms with E-state index in [-0.39, 0.29) is 6.04 Å². The maximum absolute atomic E-state index is 5.94. The zero-order chi connectivity index (χ0) is 11.8. The molecule has 0 radical (unpaired) electrons. The maximum Gasteiger partial charge on any atom is 0.122 e. The third kappa shape index (κ3) is 2.02. The summed E-state index contributed by atoms with van der Waals surface area (Å²) in [5.74, 6) is 3.86. The molecule has 2 aliphatic rings. The fourth-order valence-electron chi connectivity index (χ4n) is 3.60. The lowest BCUT2D eigenvalue weighted by Crippen LogP contribution is -2.32. The second-order valence-corrected chi connectivity index (χ2v) is 5.60. The molecule has 2 N–H and O–H groups in total. The number of nitrogens with two attached hydrogens (primary N) is 1. The van der Waals surface area contributed by atoms with Crippen LogP contribution in [-0.4, -0.2) is 24.5 Å². The molecule has 3 unspecified atom stereocenters. The second-order valence-electron chi connectivity index (χ2n) is 5.60. The van der Waals surface area contributed by atoms with E-state index in [0.29, 0.717) is 6.54 Å². The third-order valence-corrected chi connectivity index (χ3v) is 4.51. The minimum Gasteiger partial charge on any atom is -0.465 e. The molecule has 2 heterocycles. The SMILES string of the molecule is Cc1ccc(C(CN)N2CC3CCCC3C2)o1. The van der Waals surface area contributed by atoms with Crippen molar-refractivity contribution >= 4 is 0 Å². The Morgan fingerprint density at radius 3 is 2.59 bits per heavy atom. The smallest absolute Gasteiger partial charge is 0.122 e. The summed E-state index contributed by atoms with van der Waals surface area (Å²) in [5, 5.41) is 0. The highest BCUT2D eigenvalue weighted by molar-refractivity contribution is 5.11. The maximum atomic E-state index is 5.94. The summed E-state index contributed by atoms with van der Waals surface area (Å²) in [6.07, 6.45) is 4.25. The molecule has 0 bridgehead atoms. The topological polar surface area (TPSA) is 42.4 Å². The van der Waals surface area contributed by atoms with Crippen LogP contribution in [0.15, 0.2) is 16.5 Å². The molecule has 0 aromatic carbocycles. The average molecular weight is 234 g/mol. The van der Waals surface area contributed by atoms with Crippen molar-refractivity contribution in [3.63, 3.8) is 0 Å². The number of rotatable bonds is 3. The Hall–Kier alpha value is -0.800. The van der Waals surface area contributed by atoms with E-state index in [4.69, 9.17) is 10.2 Å². The largest absolute Gasteiger partial charge is 0.465 e. The summed E-state index contributed by atoms with van der Waals surface area (Å²) in [4.78, 5) is 2.53. The molecule has 1 aliphatic heterocycles. The van der Waals surface area contributed by atoms with Crippen LogP contribution in [-0.2, 0) is 0 Å². The number of likely N-dealkylation sites (tertiary alicyclic amines) is 1. The van der Waals surface area contributed by atoms with Gasteiger partial charge in [-0.1, -0.05) is 6.42 Å². The standard InChI is InChI=1S/C14H22N2O/c1-10-5-6-14(17-10)13(7-15)16-8-11-3-2-4-12(11)9-16/h5-6,11-13H,2-4,7-9,15H2,1H3. The van der Waals surface area contributed by atoms with E-state index < -0.39 is 0 Å². The Labute approximate surface area is 103 Å². The van der Waals surface area contributed by atoms with E-state index in [9.17, 15) is 0 Å². The minimum atomic E-state index is 0.286. The van der Waals surface area contributed by atoms with E-state index in [1.165, 1.54) is 32.4 Å². The van der Waals surface area contributed by atoms with E-state index in [2.05, 4.69) is 11.0 Å². The zero-order valence-electron chi connectivity index (χ0n) is 10.6. The Balaban J connectivity index is 1.74. The van der Waals surface area contributed by atoms with Crippen molar-refractivity contribution in [2.45, 2.75) is 32.2 Å². The van der Waals surface area contributed by atoms with Gasteiger partial charge in [-0.25, -0.2) is 0 Å². The average Bonchev–Trinajstić information content (AvgIpc) is 2.95. The van der Waals surface area contributed by atoms with Crippen LogP contribution >= 0.6 is 0 Å². The summed E-state index contributed by atoms with van der Waals surface area (Å²) >= 11 is 0. The van der Waals surface area contributed by atoms with E-state index in [1.54, 1.807) is 0 Å². The number of aryl methyl sites for hydroxylation is 1. The van der Waals surface area contributed by atoms with Gasteiger partial charge in [0.1, 0.15) is 11.5 Å². The summed E-state index contributed by atoms with van der Waals surface area (Å²) in [6, 6.07) is 4.41. The molecule has 1 aromatic heterocycles. The lowest BCUT2D eigenvalue weighted by molar-refractivity contribution is 0.203. The Morgan fingerprint density at radius 1 is 1.35 bits per heavy atom. The van der Waals surface area contributed by atoms with Crippen LogP contribution in [0.5, 0.6) is 0 Å². The summed E-state index contributed by atoms with van der Waals surface area (Å²) in [7, 11) is 0. The van der Waals surface area contributed by atoms with E-state index >= 15 is 0 Å². The lowest BCUT2D eigenvalue weighted by atomic mass is 10.0. The molecule has 3 nitrogen and oxygen atoms in total. The molecule has 0 amide bonds. The van der Waals surface area contributed by atoms with Crippen molar-refractivity contribution in [1.82, 2.24) is 4.90 Å².